The van der Waals surface area contributed by atoms with Gasteiger partial charge in [0.05, 0.1) is 120 Å². The Labute approximate surface area is 320 Å². The second-order valence-corrected chi connectivity index (χ2v) is 15.6. The lowest BCUT2D eigenvalue weighted by atomic mass is 10.0. The van der Waals surface area contributed by atoms with Gasteiger partial charge in [-0.05, 0) is 41.5 Å². The summed E-state index contributed by atoms with van der Waals surface area (Å²) in [6.07, 6.45) is -2.29. The maximum absolute atomic E-state index is 9.73. The van der Waals surface area contributed by atoms with Gasteiger partial charge in [-0.3, -0.25) is 0 Å². The van der Waals surface area contributed by atoms with Crippen molar-refractivity contribution in [2.24, 2.45) is 0 Å². The van der Waals surface area contributed by atoms with Crippen molar-refractivity contribution in [2.45, 2.75) is 93.1 Å². The van der Waals surface area contributed by atoms with Gasteiger partial charge in [-0.25, -0.2) is 0 Å². The van der Waals surface area contributed by atoms with E-state index in [0.29, 0.717) is 13.1 Å². The van der Waals surface area contributed by atoms with E-state index in [1.165, 1.54) is 0 Å². The highest BCUT2D eigenvalue weighted by atomic mass is 16.3. The topological polar surface area (TPSA) is 376 Å². The lowest BCUT2D eigenvalue weighted by Crippen LogP contribution is -2.60. The smallest absolute Gasteiger partial charge is 0.0882 e. The Kier molecular flexibility index (Phi) is 31.3. The van der Waals surface area contributed by atoms with E-state index in [1.54, 1.807) is 13.8 Å². The zero-order valence-electron chi connectivity index (χ0n) is 33.2. The van der Waals surface area contributed by atoms with Crippen LogP contribution in [0.25, 0.3) is 0 Å². The number of hydrogen-bond donors (Lipinski definition) is 21. The van der Waals surface area contributed by atoms with Crippen LogP contribution in [-0.4, -0.2) is 247 Å². The fourth-order valence-electron chi connectivity index (χ4n) is 3.47. The minimum atomic E-state index is -1.29. The molecule has 0 bridgehead atoms. The van der Waals surface area contributed by atoms with E-state index in [4.69, 9.17) is 61.3 Å². The Morgan fingerprint density at radius 2 is 0.500 bits per heavy atom. The third-order valence-electron chi connectivity index (χ3n) is 8.59. The van der Waals surface area contributed by atoms with Crippen LogP contribution in [0.3, 0.4) is 0 Å². The summed E-state index contributed by atoms with van der Waals surface area (Å²) in [6, 6.07) is 0. The van der Waals surface area contributed by atoms with Crippen LogP contribution >= 0.6 is 0 Å². The molecule has 330 valence electrons. The van der Waals surface area contributed by atoms with Gasteiger partial charge < -0.3 is 108 Å². The fraction of sp³-hybridized carbons (Fsp3) is 1.00. The summed E-state index contributed by atoms with van der Waals surface area (Å²) in [5.41, 5.74) is -5.01. The second kappa shape index (κ2) is 29.4. The minimum absolute atomic E-state index is 0.0231. The number of rotatable bonds is 30. The molecular formula is C33H78N6O15. The van der Waals surface area contributed by atoms with Gasteiger partial charge in [-0.1, -0.05) is 0 Å². The van der Waals surface area contributed by atoms with Crippen LogP contribution in [0.15, 0.2) is 0 Å². The van der Waals surface area contributed by atoms with E-state index < -0.39 is 80.1 Å². The number of nitrogens with one attached hydrogen (secondary N) is 6. The molecule has 0 amide bonds. The van der Waals surface area contributed by atoms with Gasteiger partial charge in [0.2, 0.25) is 0 Å². The van der Waals surface area contributed by atoms with Gasteiger partial charge in [0.25, 0.3) is 0 Å². The normalized spacial score (nSPS) is 13.3. The van der Waals surface area contributed by atoms with Crippen LogP contribution in [0.1, 0.15) is 41.5 Å². The average molecular weight is 799 g/mol. The van der Waals surface area contributed by atoms with E-state index >= 15 is 0 Å². The Morgan fingerprint density at radius 1 is 0.296 bits per heavy atom. The molecule has 0 aliphatic carbocycles. The predicted molar refractivity (Wildman–Crippen MR) is 201 cm³/mol. The van der Waals surface area contributed by atoms with E-state index in [0.717, 1.165) is 0 Å². The molecule has 0 aliphatic heterocycles. The highest BCUT2D eigenvalue weighted by molar-refractivity contribution is 4.90. The number of aliphatic hydroxyl groups is 15. The van der Waals surface area contributed by atoms with Crippen molar-refractivity contribution in [2.75, 3.05) is 119 Å². The monoisotopic (exact) mass is 799 g/mol. The lowest BCUT2D eigenvalue weighted by molar-refractivity contribution is 0.0204. The highest BCUT2D eigenvalue weighted by Gasteiger charge is 2.31. The number of β-amino-alcohol motifs (C(OH)–C–C–N with tert-alkyl or cyclic N) is 3. The van der Waals surface area contributed by atoms with Crippen molar-refractivity contribution in [1.82, 2.24) is 31.9 Å². The van der Waals surface area contributed by atoms with E-state index in [9.17, 15) is 15.3 Å². The van der Waals surface area contributed by atoms with Crippen molar-refractivity contribution in [1.29, 1.82) is 0 Å². The number of aliphatic hydroxyl groups excluding tert-OH is 15. The molecule has 0 rings (SSSR count). The molecule has 0 heterocycles. The zero-order chi connectivity index (χ0) is 42.7. The van der Waals surface area contributed by atoms with Gasteiger partial charge in [0.15, 0.2) is 0 Å². The molecule has 21 N–H and O–H groups in total. The summed E-state index contributed by atoms with van der Waals surface area (Å²) >= 11 is 0. The molecule has 0 aromatic rings. The largest absolute Gasteiger partial charge is 0.394 e. The van der Waals surface area contributed by atoms with Gasteiger partial charge >= 0.3 is 0 Å². The molecule has 0 aromatic carbocycles. The molecule has 0 radical (unpaired) electrons. The first-order chi connectivity index (χ1) is 25.0. The predicted octanol–water partition coefficient (Wildman–Crippen LogP) is -8.96. The molecular weight excluding hydrogens is 720 g/mol. The van der Waals surface area contributed by atoms with Crippen LogP contribution < -0.4 is 31.9 Å². The van der Waals surface area contributed by atoms with Gasteiger partial charge in [-0.2, -0.15) is 0 Å². The maximum Gasteiger partial charge on any atom is 0.0882 e. The molecule has 54 heavy (non-hydrogen) atoms. The molecule has 21 heteroatoms. The SMILES string of the molecule is CC(C)(CO)NCC(O)CNC(C)(C)CO.CC(CO)(CO)NCC(O)CNC(C)(CO)CO.OCC(CO)(CO)NCC(O)CNC(CO)(CO)CO. The van der Waals surface area contributed by atoms with Crippen LogP contribution in [0, 0.1) is 0 Å². The highest BCUT2D eigenvalue weighted by Crippen LogP contribution is 2.05. The molecule has 0 aliphatic rings. The van der Waals surface area contributed by atoms with E-state index in [2.05, 4.69) is 31.9 Å². The van der Waals surface area contributed by atoms with Gasteiger partial charge in [0.1, 0.15) is 0 Å². The van der Waals surface area contributed by atoms with Crippen LogP contribution in [-0.2, 0) is 0 Å². The third-order valence-corrected chi connectivity index (χ3v) is 8.59. The molecule has 0 atom stereocenters. The summed E-state index contributed by atoms with van der Waals surface area (Å²) in [6.45, 7) is 7.85. The van der Waals surface area contributed by atoms with E-state index in [1.807, 2.05) is 27.7 Å². The Bertz CT molecular complexity index is 799. The van der Waals surface area contributed by atoms with Crippen molar-refractivity contribution >= 4 is 0 Å². The zero-order valence-corrected chi connectivity index (χ0v) is 33.2. The molecule has 0 saturated heterocycles. The maximum atomic E-state index is 9.73. The number of hydrogen-bond acceptors (Lipinski definition) is 21. The van der Waals surface area contributed by atoms with Crippen molar-refractivity contribution in [3.63, 3.8) is 0 Å². The fourth-order valence-corrected chi connectivity index (χ4v) is 3.47. The van der Waals surface area contributed by atoms with Crippen molar-refractivity contribution < 1.29 is 76.6 Å². The summed E-state index contributed by atoms with van der Waals surface area (Å²) in [5, 5.41) is 155. The summed E-state index contributed by atoms with van der Waals surface area (Å²) < 4.78 is 0. The first-order valence-electron chi connectivity index (χ1n) is 17.9. The Hall–Kier alpha value is -0.840. The minimum Gasteiger partial charge on any atom is -0.394 e. The van der Waals surface area contributed by atoms with Crippen LogP contribution in [0.4, 0.5) is 0 Å². The molecule has 0 fully saturated rings. The molecule has 0 unspecified atom stereocenters. The summed E-state index contributed by atoms with van der Waals surface area (Å²) in [4.78, 5) is 0. The Morgan fingerprint density at radius 3 is 0.685 bits per heavy atom. The van der Waals surface area contributed by atoms with Gasteiger partial charge in [0, 0.05) is 50.3 Å². The quantitative estimate of drug-likeness (QED) is 0.0321. The van der Waals surface area contributed by atoms with Gasteiger partial charge in [-0.15, -0.1) is 0 Å². The lowest BCUT2D eigenvalue weighted by Gasteiger charge is -2.32. The third kappa shape index (κ3) is 25.4. The molecule has 21 nitrogen and oxygen atoms in total. The summed E-state index contributed by atoms with van der Waals surface area (Å²) in [5.74, 6) is 0. The van der Waals surface area contributed by atoms with Crippen LogP contribution in [0.5, 0.6) is 0 Å². The van der Waals surface area contributed by atoms with Crippen molar-refractivity contribution in [3.05, 3.63) is 0 Å². The van der Waals surface area contributed by atoms with E-state index in [-0.39, 0.29) is 76.9 Å². The first-order valence-corrected chi connectivity index (χ1v) is 17.9. The summed E-state index contributed by atoms with van der Waals surface area (Å²) in [7, 11) is 0. The van der Waals surface area contributed by atoms with Crippen LogP contribution in [0.2, 0.25) is 0 Å². The van der Waals surface area contributed by atoms with Crippen molar-refractivity contribution in [3.8, 4) is 0 Å². The average Bonchev–Trinajstić information content (AvgIpc) is 3.19. The molecule has 0 saturated carbocycles. The molecule has 0 aromatic heterocycles. The molecule has 0 spiro atoms. The first kappa shape index (κ1) is 57.5. The second-order valence-electron chi connectivity index (χ2n) is 15.6. The standard InChI is InChI=1S/C11H26N2O7.C11H26N2O5.C11H26N2O3/c14-3-10(4-15,5-16)12-1-9(20)2-13-11(6-17,7-18)8-19;1-10(5-14,6-15)12-3-9(18)4-13-11(2,7-16)8-17;1-10(2,7-14)12-5-9(16)6-13-11(3,4)8-15/h9,12-20H,1-8H2;9,12-18H,3-8H2,1-2H3;9,12-16H,5-8H2,1-4H3. The Balaban J connectivity index is -0.000000727.